The van der Waals surface area contributed by atoms with Crippen molar-refractivity contribution in [1.82, 2.24) is 15.5 Å². The van der Waals surface area contributed by atoms with Gasteiger partial charge < -0.3 is 20.1 Å². The molecule has 0 aliphatic carbocycles. The van der Waals surface area contributed by atoms with Crippen LogP contribution >= 0.6 is 0 Å². The normalized spacial score (nSPS) is 18.8. The number of piperidine rings is 1. The number of unbranched alkanes of at least 4 members (excludes halogenated alkanes) is 3. The number of hydrogen-bond donors (Lipinski definition) is 3. The van der Waals surface area contributed by atoms with Gasteiger partial charge in [0.05, 0.1) is 6.61 Å². The Hall–Kier alpha value is -2.94. The van der Waals surface area contributed by atoms with E-state index in [4.69, 9.17) is 4.74 Å². The van der Waals surface area contributed by atoms with E-state index in [1.165, 1.54) is 4.90 Å². The molecule has 1 fully saturated rings. The van der Waals surface area contributed by atoms with Crippen LogP contribution in [-0.4, -0.2) is 58.9 Å². The van der Waals surface area contributed by atoms with Crippen molar-refractivity contribution in [1.29, 1.82) is 0 Å². The zero-order valence-corrected chi connectivity index (χ0v) is 19.3. The molecular formula is C24H33N3O6. The van der Waals surface area contributed by atoms with Gasteiger partial charge in [0, 0.05) is 25.1 Å². The van der Waals surface area contributed by atoms with Crippen molar-refractivity contribution in [2.45, 2.75) is 71.1 Å². The van der Waals surface area contributed by atoms with Crippen LogP contribution in [0.5, 0.6) is 5.75 Å². The lowest BCUT2D eigenvalue weighted by Crippen LogP contribution is -2.52. The van der Waals surface area contributed by atoms with E-state index in [0.717, 1.165) is 31.2 Å². The summed E-state index contributed by atoms with van der Waals surface area (Å²) < 4.78 is 5.83. The number of aliphatic hydroxyl groups excluding tert-OH is 1. The second-order valence-corrected chi connectivity index (χ2v) is 8.96. The summed E-state index contributed by atoms with van der Waals surface area (Å²) in [7, 11) is 0. The van der Waals surface area contributed by atoms with Gasteiger partial charge in [0.15, 0.2) is 0 Å². The second-order valence-electron chi connectivity index (χ2n) is 8.96. The van der Waals surface area contributed by atoms with E-state index in [1.54, 1.807) is 26.0 Å². The summed E-state index contributed by atoms with van der Waals surface area (Å²) in [4.78, 5) is 49.4. The first-order valence-electron chi connectivity index (χ1n) is 11.6. The van der Waals surface area contributed by atoms with E-state index < -0.39 is 18.1 Å². The third-order valence-electron chi connectivity index (χ3n) is 6.03. The highest BCUT2D eigenvalue weighted by molar-refractivity contribution is 6.05. The Balaban J connectivity index is 1.36. The predicted octanol–water partition coefficient (Wildman–Crippen LogP) is 1.52. The highest BCUT2D eigenvalue weighted by Gasteiger charge is 2.39. The van der Waals surface area contributed by atoms with Gasteiger partial charge in [0.1, 0.15) is 17.9 Å². The molecule has 1 aromatic rings. The van der Waals surface area contributed by atoms with Gasteiger partial charge in [-0.1, -0.05) is 26.7 Å². The number of benzene rings is 1. The summed E-state index contributed by atoms with van der Waals surface area (Å²) >= 11 is 0. The van der Waals surface area contributed by atoms with Crippen LogP contribution < -0.4 is 15.4 Å². The van der Waals surface area contributed by atoms with Gasteiger partial charge >= 0.3 is 0 Å². The molecule has 2 atom stereocenters. The highest BCUT2D eigenvalue weighted by Crippen LogP contribution is 2.30. The molecule has 180 valence electrons. The molecular weight excluding hydrogens is 426 g/mol. The molecule has 0 spiro atoms. The summed E-state index contributed by atoms with van der Waals surface area (Å²) in [5.74, 6) is -0.648. The van der Waals surface area contributed by atoms with Crippen molar-refractivity contribution in [3.8, 4) is 5.75 Å². The Labute approximate surface area is 193 Å². The first-order chi connectivity index (χ1) is 15.8. The minimum atomic E-state index is -0.961. The molecule has 1 aromatic carbocycles. The Kier molecular flexibility index (Phi) is 8.43. The first kappa shape index (κ1) is 24.7. The van der Waals surface area contributed by atoms with Crippen LogP contribution in [0, 0.1) is 5.92 Å². The van der Waals surface area contributed by atoms with E-state index in [-0.39, 0.29) is 30.1 Å². The van der Waals surface area contributed by atoms with E-state index in [0.29, 0.717) is 37.4 Å². The van der Waals surface area contributed by atoms with Gasteiger partial charge in [0.25, 0.3) is 5.91 Å². The molecule has 2 heterocycles. The fourth-order valence-corrected chi connectivity index (χ4v) is 4.03. The molecule has 1 saturated heterocycles. The highest BCUT2D eigenvalue weighted by atomic mass is 16.5. The van der Waals surface area contributed by atoms with Crippen LogP contribution in [0.15, 0.2) is 18.2 Å². The third kappa shape index (κ3) is 6.31. The molecule has 4 amide bonds. The monoisotopic (exact) mass is 459 g/mol. The summed E-state index contributed by atoms with van der Waals surface area (Å²) in [6, 6.07) is 4.72. The molecule has 2 aliphatic heterocycles. The summed E-state index contributed by atoms with van der Waals surface area (Å²) in [5, 5.41) is 14.7. The summed E-state index contributed by atoms with van der Waals surface area (Å²) in [6.45, 7) is 5.03. The van der Waals surface area contributed by atoms with Crippen molar-refractivity contribution in [3.05, 3.63) is 29.3 Å². The topological polar surface area (TPSA) is 125 Å². The van der Waals surface area contributed by atoms with Gasteiger partial charge in [-0.15, -0.1) is 0 Å². The molecule has 0 radical (unpaired) electrons. The quantitative estimate of drug-likeness (QED) is 0.340. The molecule has 0 saturated carbocycles. The summed E-state index contributed by atoms with van der Waals surface area (Å²) in [6.07, 6.45) is 3.22. The van der Waals surface area contributed by atoms with Crippen LogP contribution in [-0.2, 0) is 20.9 Å². The molecule has 2 aliphatic rings. The number of carbonyl (C=O) groups excluding carboxylic acids is 4. The average Bonchev–Trinajstić information content (AvgIpc) is 3.10. The van der Waals surface area contributed by atoms with Gasteiger partial charge in [-0.05, 0) is 48.9 Å². The minimum Gasteiger partial charge on any atom is -0.494 e. The molecule has 3 rings (SSSR count). The number of nitrogens with one attached hydrogen (secondary N) is 2. The number of amides is 4. The second kappa shape index (κ2) is 11.3. The van der Waals surface area contributed by atoms with Crippen molar-refractivity contribution < 1.29 is 29.0 Å². The number of aliphatic hydroxyl groups is 1. The molecule has 33 heavy (non-hydrogen) atoms. The molecule has 9 heteroatoms. The number of imide groups is 1. The standard InChI is InChI=1S/C24H33N3O6/c1-15(2)21(29)23(31)25-11-5-3-4-6-12-33-17-7-8-18-16(13-17)14-27(24(18)32)19-9-10-20(28)26-22(19)30/h7-8,13,15,19,21,29H,3-6,9-12,14H2,1-2H3,(H,25,31)(H,26,28,30)/t19?,21-/m1/s1. The van der Waals surface area contributed by atoms with E-state index >= 15 is 0 Å². The van der Waals surface area contributed by atoms with E-state index in [1.807, 2.05) is 6.07 Å². The van der Waals surface area contributed by atoms with E-state index in [2.05, 4.69) is 10.6 Å². The van der Waals surface area contributed by atoms with Crippen LogP contribution in [0.1, 0.15) is 68.3 Å². The molecule has 1 unspecified atom stereocenters. The van der Waals surface area contributed by atoms with Crippen molar-refractivity contribution in [2.24, 2.45) is 5.92 Å². The Bertz CT molecular complexity index is 900. The smallest absolute Gasteiger partial charge is 0.255 e. The Morgan fingerprint density at radius 2 is 1.97 bits per heavy atom. The molecule has 3 N–H and O–H groups in total. The first-order valence-corrected chi connectivity index (χ1v) is 11.6. The molecule has 9 nitrogen and oxygen atoms in total. The maximum Gasteiger partial charge on any atom is 0.255 e. The fraction of sp³-hybridized carbons (Fsp3) is 0.583. The number of carbonyl (C=O) groups is 4. The SMILES string of the molecule is CC(C)[C@@H](O)C(=O)NCCCCCCOc1ccc2c(c1)CN(C1CCC(=O)NC1=O)C2=O. The van der Waals surface area contributed by atoms with Crippen LogP contribution in [0.25, 0.3) is 0 Å². The number of ether oxygens (including phenoxy) is 1. The third-order valence-corrected chi connectivity index (χ3v) is 6.03. The lowest BCUT2D eigenvalue weighted by atomic mass is 10.0. The average molecular weight is 460 g/mol. The number of fused-ring (bicyclic) bond motifs is 1. The Morgan fingerprint density at radius 1 is 1.21 bits per heavy atom. The lowest BCUT2D eigenvalue weighted by Gasteiger charge is -2.29. The van der Waals surface area contributed by atoms with Crippen molar-refractivity contribution >= 4 is 23.6 Å². The molecule has 0 bridgehead atoms. The molecule has 0 aromatic heterocycles. The minimum absolute atomic E-state index is 0.0972. The van der Waals surface area contributed by atoms with Gasteiger partial charge in [-0.25, -0.2) is 0 Å². The lowest BCUT2D eigenvalue weighted by molar-refractivity contribution is -0.137. The maximum absolute atomic E-state index is 12.7. The van der Waals surface area contributed by atoms with Crippen molar-refractivity contribution in [3.63, 3.8) is 0 Å². The predicted molar refractivity (Wildman–Crippen MR) is 120 cm³/mol. The number of hydrogen-bond acceptors (Lipinski definition) is 6. The van der Waals surface area contributed by atoms with Crippen LogP contribution in [0.2, 0.25) is 0 Å². The zero-order chi connectivity index (χ0) is 24.0. The zero-order valence-electron chi connectivity index (χ0n) is 19.3. The van der Waals surface area contributed by atoms with E-state index in [9.17, 15) is 24.3 Å². The van der Waals surface area contributed by atoms with Gasteiger partial charge in [-0.2, -0.15) is 0 Å². The fourth-order valence-electron chi connectivity index (χ4n) is 4.03. The van der Waals surface area contributed by atoms with Gasteiger partial charge in [0.2, 0.25) is 17.7 Å². The largest absolute Gasteiger partial charge is 0.494 e. The number of rotatable bonds is 11. The maximum atomic E-state index is 12.7. The van der Waals surface area contributed by atoms with Crippen LogP contribution in [0.3, 0.4) is 0 Å². The van der Waals surface area contributed by atoms with Crippen molar-refractivity contribution in [2.75, 3.05) is 13.2 Å². The summed E-state index contributed by atoms with van der Waals surface area (Å²) in [5.41, 5.74) is 1.39. The Morgan fingerprint density at radius 3 is 2.70 bits per heavy atom. The van der Waals surface area contributed by atoms with Crippen LogP contribution in [0.4, 0.5) is 0 Å². The van der Waals surface area contributed by atoms with Gasteiger partial charge in [-0.3, -0.25) is 24.5 Å². The number of nitrogens with zero attached hydrogens (tertiary/aromatic N) is 1.